The third-order valence-electron chi connectivity index (χ3n) is 3.47. The first-order chi connectivity index (χ1) is 10.5. The number of hydrogen-bond acceptors (Lipinski definition) is 2. The van der Waals surface area contributed by atoms with Crippen LogP contribution in [0.2, 0.25) is 0 Å². The number of benzene rings is 2. The van der Waals surface area contributed by atoms with Crippen molar-refractivity contribution in [1.82, 2.24) is 4.90 Å². The fourth-order valence-electron chi connectivity index (χ4n) is 2.23. The zero-order chi connectivity index (χ0) is 16.1. The van der Waals surface area contributed by atoms with Crippen LogP contribution in [0.1, 0.15) is 28.4 Å². The van der Waals surface area contributed by atoms with Gasteiger partial charge < -0.3 is 10.2 Å². The summed E-state index contributed by atoms with van der Waals surface area (Å²) in [5, 5.41) is 2.68. The van der Waals surface area contributed by atoms with Gasteiger partial charge in [-0.15, -0.1) is 0 Å². The van der Waals surface area contributed by atoms with Crippen LogP contribution < -0.4 is 5.32 Å². The molecule has 0 aliphatic carbocycles. The predicted molar refractivity (Wildman–Crippen MR) is 87.7 cm³/mol. The summed E-state index contributed by atoms with van der Waals surface area (Å²) in [6, 6.07) is 14.9. The molecule has 2 amide bonds. The second-order valence-corrected chi connectivity index (χ2v) is 5.35. The molecule has 0 bridgehead atoms. The Kier molecular flexibility index (Phi) is 4.94. The highest BCUT2D eigenvalue weighted by Crippen LogP contribution is 2.14. The van der Waals surface area contributed by atoms with Crippen molar-refractivity contribution in [3.63, 3.8) is 0 Å². The van der Waals surface area contributed by atoms with Crippen molar-refractivity contribution < 1.29 is 9.59 Å². The molecule has 0 saturated heterocycles. The highest BCUT2D eigenvalue weighted by atomic mass is 16.2. The quantitative estimate of drug-likeness (QED) is 0.941. The summed E-state index contributed by atoms with van der Waals surface area (Å²) < 4.78 is 0. The van der Waals surface area contributed by atoms with E-state index in [2.05, 4.69) is 5.32 Å². The van der Waals surface area contributed by atoms with Crippen LogP contribution in [0.3, 0.4) is 0 Å². The maximum absolute atomic E-state index is 12.4. The lowest BCUT2D eigenvalue weighted by Gasteiger charge is -2.18. The first-order valence-corrected chi connectivity index (χ1v) is 7.15. The average molecular weight is 296 g/mol. The number of rotatable bonds is 4. The molecule has 0 unspecified atom stereocenters. The zero-order valence-corrected chi connectivity index (χ0v) is 13.1. The monoisotopic (exact) mass is 296 g/mol. The molecule has 2 rings (SSSR count). The van der Waals surface area contributed by atoms with Crippen LogP contribution in [-0.4, -0.2) is 23.8 Å². The van der Waals surface area contributed by atoms with Gasteiger partial charge in [-0.25, -0.2) is 0 Å². The van der Waals surface area contributed by atoms with Gasteiger partial charge in [0, 0.05) is 31.8 Å². The molecule has 114 valence electrons. The standard InChI is InChI=1S/C18H20N2O2/c1-13-6-4-5-7-16(13)12-20(3)18(22)15-8-10-17(11-9-15)19-14(2)21/h4-11H,12H2,1-3H3,(H,19,21). The van der Waals surface area contributed by atoms with E-state index in [4.69, 9.17) is 0 Å². The van der Waals surface area contributed by atoms with E-state index in [1.807, 2.05) is 31.2 Å². The fourth-order valence-corrected chi connectivity index (χ4v) is 2.23. The first kappa shape index (κ1) is 15.8. The van der Waals surface area contributed by atoms with E-state index >= 15 is 0 Å². The number of nitrogens with zero attached hydrogens (tertiary/aromatic N) is 1. The lowest BCUT2D eigenvalue weighted by atomic mass is 10.1. The first-order valence-electron chi connectivity index (χ1n) is 7.15. The minimum atomic E-state index is -0.129. The summed E-state index contributed by atoms with van der Waals surface area (Å²) in [6.45, 7) is 4.06. The molecule has 4 heteroatoms. The zero-order valence-electron chi connectivity index (χ0n) is 13.1. The van der Waals surface area contributed by atoms with Gasteiger partial charge in [0.2, 0.25) is 5.91 Å². The summed E-state index contributed by atoms with van der Waals surface area (Å²) in [5.74, 6) is -0.173. The summed E-state index contributed by atoms with van der Waals surface area (Å²) in [4.78, 5) is 25.1. The van der Waals surface area contributed by atoms with Crippen LogP contribution >= 0.6 is 0 Å². The second kappa shape index (κ2) is 6.89. The maximum Gasteiger partial charge on any atom is 0.253 e. The van der Waals surface area contributed by atoms with E-state index in [1.165, 1.54) is 12.5 Å². The molecule has 0 aliphatic rings. The molecule has 0 saturated carbocycles. The van der Waals surface area contributed by atoms with E-state index in [1.54, 1.807) is 36.2 Å². The molecule has 22 heavy (non-hydrogen) atoms. The molecule has 0 fully saturated rings. The Bertz CT molecular complexity index is 678. The molecular weight excluding hydrogens is 276 g/mol. The smallest absolute Gasteiger partial charge is 0.253 e. The predicted octanol–water partition coefficient (Wildman–Crippen LogP) is 3.23. The minimum absolute atomic E-state index is 0.0439. The maximum atomic E-state index is 12.4. The molecular formula is C18H20N2O2. The molecule has 2 aromatic rings. The number of carbonyl (C=O) groups is 2. The molecule has 0 atom stereocenters. The molecule has 0 heterocycles. The van der Waals surface area contributed by atoms with Gasteiger partial charge in [0.15, 0.2) is 0 Å². The Labute approximate surface area is 130 Å². The van der Waals surface area contributed by atoms with Crippen LogP contribution in [-0.2, 0) is 11.3 Å². The van der Waals surface area contributed by atoms with E-state index < -0.39 is 0 Å². The lowest BCUT2D eigenvalue weighted by Crippen LogP contribution is -2.26. The second-order valence-electron chi connectivity index (χ2n) is 5.35. The third kappa shape index (κ3) is 3.95. The number of nitrogens with one attached hydrogen (secondary N) is 1. The van der Waals surface area contributed by atoms with Gasteiger partial charge >= 0.3 is 0 Å². The Morgan fingerprint density at radius 3 is 2.27 bits per heavy atom. The Hall–Kier alpha value is -2.62. The molecule has 1 N–H and O–H groups in total. The van der Waals surface area contributed by atoms with Gasteiger partial charge in [-0.05, 0) is 42.3 Å². The van der Waals surface area contributed by atoms with Crippen LogP contribution in [0.15, 0.2) is 48.5 Å². The average Bonchev–Trinajstić information content (AvgIpc) is 2.49. The van der Waals surface area contributed by atoms with Crippen molar-refractivity contribution in [3.8, 4) is 0 Å². The topological polar surface area (TPSA) is 49.4 Å². The molecule has 0 spiro atoms. The highest BCUT2D eigenvalue weighted by molar-refractivity contribution is 5.95. The van der Waals surface area contributed by atoms with Crippen LogP contribution in [0, 0.1) is 6.92 Å². The summed E-state index contributed by atoms with van der Waals surface area (Å²) >= 11 is 0. The van der Waals surface area contributed by atoms with Crippen molar-refractivity contribution in [2.45, 2.75) is 20.4 Å². The van der Waals surface area contributed by atoms with Crippen LogP contribution in [0.5, 0.6) is 0 Å². The van der Waals surface area contributed by atoms with Gasteiger partial charge in [-0.1, -0.05) is 24.3 Å². The molecule has 4 nitrogen and oxygen atoms in total. The van der Waals surface area contributed by atoms with Gasteiger partial charge in [-0.2, -0.15) is 0 Å². The van der Waals surface area contributed by atoms with Crippen LogP contribution in [0.25, 0.3) is 0 Å². The number of carbonyl (C=O) groups excluding carboxylic acids is 2. The normalized spacial score (nSPS) is 10.1. The minimum Gasteiger partial charge on any atom is -0.337 e. The lowest BCUT2D eigenvalue weighted by molar-refractivity contribution is -0.114. The van der Waals surface area contributed by atoms with E-state index in [0.717, 1.165) is 5.56 Å². The van der Waals surface area contributed by atoms with Crippen molar-refractivity contribution in [3.05, 3.63) is 65.2 Å². The molecule has 0 aromatic heterocycles. The number of hydrogen-bond donors (Lipinski definition) is 1. The third-order valence-corrected chi connectivity index (χ3v) is 3.47. The Balaban J connectivity index is 2.07. The molecule has 0 radical (unpaired) electrons. The van der Waals surface area contributed by atoms with E-state index in [9.17, 15) is 9.59 Å². The van der Waals surface area contributed by atoms with Gasteiger partial charge in [0.1, 0.15) is 0 Å². The van der Waals surface area contributed by atoms with Crippen molar-refractivity contribution in [2.75, 3.05) is 12.4 Å². The summed E-state index contributed by atoms with van der Waals surface area (Å²) in [5.41, 5.74) is 3.59. The van der Waals surface area contributed by atoms with Crippen molar-refractivity contribution in [2.24, 2.45) is 0 Å². The number of aryl methyl sites for hydroxylation is 1. The highest BCUT2D eigenvalue weighted by Gasteiger charge is 2.12. The largest absolute Gasteiger partial charge is 0.337 e. The van der Waals surface area contributed by atoms with Crippen molar-refractivity contribution in [1.29, 1.82) is 0 Å². The fraction of sp³-hybridized carbons (Fsp3) is 0.222. The van der Waals surface area contributed by atoms with Gasteiger partial charge in [0.25, 0.3) is 5.91 Å². The summed E-state index contributed by atoms with van der Waals surface area (Å²) in [7, 11) is 1.79. The Morgan fingerprint density at radius 1 is 1.05 bits per heavy atom. The molecule has 2 aromatic carbocycles. The van der Waals surface area contributed by atoms with E-state index in [-0.39, 0.29) is 11.8 Å². The van der Waals surface area contributed by atoms with Crippen molar-refractivity contribution >= 4 is 17.5 Å². The SMILES string of the molecule is CC(=O)Nc1ccc(C(=O)N(C)Cc2ccccc2C)cc1. The Morgan fingerprint density at radius 2 is 1.68 bits per heavy atom. The number of anilines is 1. The van der Waals surface area contributed by atoms with E-state index in [0.29, 0.717) is 17.8 Å². The van der Waals surface area contributed by atoms with Crippen LogP contribution in [0.4, 0.5) is 5.69 Å². The van der Waals surface area contributed by atoms with Gasteiger partial charge in [-0.3, -0.25) is 9.59 Å². The number of amides is 2. The summed E-state index contributed by atoms with van der Waals surface area (Å²) in [6.07, 6.45) is 0. The van der Waals surface area contributed by atoms with Gasteiger partial charge in [0.05, 0.1) is 0 Å². The molecule has 0 aliphatic heterocycles.